The molecule has 2 aromatic rings. The molecule has 28 heavy (non-hydrogen) atoms. The van der Waals surface area contributed by atoms with Gasteiger partial charge in [-0.05, 0) is 25.1 Å². The quantitative estimate of drug-likeness (QED) is 0.701. The zero-order valence-corrected chi connectivity index (χ0v) is 15.7. The van der Waals surface area contributed by atoms with Crippen LogP contribution in [0.2, 0.25) is 0 Å². The van der Waals surface area contributed by atoms with Crippen molar-refractivity contribution in [2.45, 2.75) is 13.3 Å². The second-order valence-corrected chi connectivity index (χ2v) is 6.44. The van der Waals surface area contributed by atoms with Crippen molar-refractivity contribution >= 4 is 23.5 Å². The average Bonchev–Trinajstić information content (AvgIpc) is 2.65. The van der Waals surface area contributed by atoms with Gasteiger partial charge in [0.05, 0.1) is 25.3 Å². The average molecular weight is 381 g/mol. The van der Waals surface area contributed by atoms with E-state index in [4.69, 9.17) is 15.2 Å². The van der Waals surface area contributed by atoms with Gasteiger partial charge in [-0.1, -0.05) is 17.7 Å². The van der Waals surface area contributed by atoms with E-state index in [9.17, 15) is 19.5 Å². The molecule has 2 aromatic carbocycles. The molecule has 0 unspecified atom stereocenters. The molecule has 0 spiro atoms. The molecular weight excluding hydrogens is 362 g/mol. The molecule has 0 saturated heterocycles. The summed E-state index contributed by atoms with van der Waals surface area (Å²) in [4.78, 5) is 37.2. The number of ketones is 2. The highest BCUT2D eigenvalue weighted by Gasteiger charge is 2.36. The number of nitrogens with two attached hydrogens (primary N) is 1. The molecule has 0 heterocycles. The molecule has 7 nitrogen and oxygen atoms in total. The van der Waals surface area contributed by atoms with Gasteiger partial charge >= 0.3 is 0 Å². The Morgan fingerprint density at radius 3 is 2.25 bits per heavy atom. The number of phenols is 1. The largest absolute Gasteiger partial charge is 0.507 e. The monoisotopic (exact) mass is 381 g/mol. The number of carbonyl (C=O) groups is 3. The minimum Gasteiger partial charge on any atom is -0.507 e. The summed E-state index contributed by atoms with van der Waals surface area (Å²) in [6.07, 6.45) is 1.57. The third-order valence-electron chi connectivity index (χ3n) is 4.55. The number of primary amides is 1. The van der Waals surface area contributed by atoms with Gasteiger partial charge in [-0.15, -0.1) is 0 Å². The highest BCUT2D eigenvalue weighted by molar-refractivity contribution is 6.30. The fourth-order valence-corrected chi connectivity index (χ4v) is 3.35. The van der Waals surface area contributed by atoms with Crippen LogP contribution in [0.5, 0.6) is 17.2 Å². The molecule has 1 aliphatic carbocycles. The van der Waals surface area contributed by atoms with Crippen LogP contribution in [0, 0.1) is 0 Å². The van der Waals surface area contributed by atoms with E-state index in [0.29, 0.717) is 16.9 Å². The maximum atomic E-state index is 13.1. The van der Waals surface area contributed by atoms with Gasteiger partial charge in [0, 0.05) is 23.1 Å². The van der Waals surface area contributed by atoms with E-state index >= 15 is 0 Å². The van der Waals surface area contributed by atoms with Crippen molar-refractivity contribution in [3.63, 3.8) is 0 Å². The summed E-state index contributed by atoms with van der Waals surface area (Å²) in [5.41, 5.74) is 6.34. The molecule has 0 fully saturated rings. The lowest BCUT2D eigenvalue weighted by atomic mass is 9.82. The molecule has 7 heteroatoms. The van der Waals surface area contributed by atoms with Crippen LogP contribution in [0.3, 0.4) is 0 Å². The third kappa shape index (κ3) is 3.00. The van der Waals surface area contributed by atoms with Crippen molar-refractivity contribution in [3.05, 3.63) is 57.7 Å². The van der Waals surface area contributed by atoms with E-state index in [0.717, 1.165) is 0 Å². The van der Waals surface area contributed by atoms with Gasteiger partial charge in [-0.3, -0.25) is 14.4 Å². The number of aromatic hydroxyl groups is 1. The van der Waals surface area contributed by atoms with Crippen molar-refractivity contribution in [1.82, 2.24) is 0 Å². The standard InChI is InChI=1S/C21H19NO6/c1-10(9-15(22)23)8-11-4-5-12-16(18(11)24)19(25)13-6-7-14(27-2)21(28-3)17(13)20(12)26/h4-8,24H,9H2,1-3H3,(H2,22,23). The minimum atomic E-state index is -0.507. The first-order valence-corrected chi connectivity index (χ1v) is 8.46. The van der Waals surface area contributed by atoms with Crippen LogP contribution in [0.4, 0.5) is 0 Å². The van der Waals surface area contributed by atoms with Gasteiger partial charge in [0.2, 0.25) is 5.91 Å². The Morgan fingerprint density at radius 1 is 1.04 bits per heavy atom. The normalized spacial score (nSPS) is 13.0. The summed E-state index contributed by atoms with van der Waals surface area (Å²) in [5, 5.41) is 10.7. The summed E-state index contributed by atoms with van der Waals surface area (Å²) in [6.45, 7) is 1.68. The van der Waals surface area contributed by atoms with Crippen LogP contribution in [-0.4, -0.2) is 36.8 Å². The van der Waals surface area contributed by atoms with Gasteiger partial charge in [0.25, 0.3) is 0 Å². The van der Waals surface area contributed by atoms with Crippen molar-refractivity contribution < 1.29 is 29.0 Å². The number of benzene rings is 2. The van der Waals surface area contributed by atoms with Gasteiger partial charge in [-0.25, -0.2) is 0 Å². The van der Waals surface area contributed by atoms with Crippen molar-refractivity contribution in [1.29, 1.82) is 0 Å². The molecule has 3 N–H and O–H groups in total. The lowest BCUT2D eigenvalue weighted by Crippen LogP contribution is -2.22. The minimum absolute atomic E-state index is 0.0171. The first kappa shape index (κ1) is 19.2. The van der Waals surface area contributed by atoms with Crippen LogP contribution in [0.25, 0.3) is 6.08 Å². The second-order valence-electron chi connectivity index (χ2n) is 6.44. The fraction of sp³-hybridized carbons (Fsp3) is 0.190. The lowest BCUT2D eigenvalue weighted by molar-refractivity contribution is -0.117. The van der Waals surface area contributed by atoms with Crippen molar-refractivity contribution in [2.24, 2.45) is 5.73 Å². The molecule has 0 aliphatic heterocycles. The molecule has 0 saturated carbocycles. The number of carbonyl (C=O) groups excluding carboxylic acids is 3. The number of fused-ring (bicyclic) bond motifs is 2. The van der Waals surface area contributed by atoms with Crippen LogP contribution in [0.1, 0.15) is 50.8 Å². The van der Waals surface area contributed by atoms with Gasteiger partial charge in [0.15, 0.2) is 23.1 Å². The summed E-state index contributed by atoms with van der Waals surface area (Å²) < 4.78 is 10.5. The van der Waals surface area contributed by atoms with Gasteiger partial charge < -0.3 is 20.3 Å². The van der Waals surface area contributed by atoms with Crippen LogP contribution in [-0.2, 0) is 4.79 Å². The van der Waals surface area contributed by atoms with Crippen molar-refractivity contribution in [3.8, 4) is 17.2 Å². The summed E-state index contributed by atoms with van der Waals surface area (Å²) >= 11 is 0. The first-order valence-electron chi connectivity index (χ1n) is 8.46. The molecule has 0 radical (unpaired) electrons. The van der Waals surface area contributed by atoms with Crippen LogP contribution < -0.4 is 15.2 Å². The predicted octanol–water partition coefficient (Wildman–Crippen LogP) is 2.46. The lowest BCUT2D eigenvalue weighted by Gasteiger charge is -2.22. The summed E-state index contributed by atoms with van der Waals surface area (Å²) in [5.74, 6) is -1.26. The zero-order chi connectivity index (χ0) is 20.6. The summed E-state index contributed by atoms with van der Waals surface area (Å²) in [6, 6.07) is 5.99. The number of rotatable bonds is 5. The Kier molecular flexibility index (Phi) is 4.92. The second kappa shape index (κ2) is 7.19. The van der Waals surface area contributed by atoms with Crippen molar-refractivity contribution in [2.75, 3.05) is 14.2 Å². The zero-order valence-electron chi connectivity index (χ0n) is 15.7. The molecule has 1 aliphatic rings. The number of methoxy groups -OCH3 is 2. The molecule has 0 bridgehead atoms. The Morgan fingerprint density at radius 2 is 1.64 bits per heavy atom. The number of ether oxygens (including phenoxy) is 2. The Balaban J connectivity index is 2.19. The molecule has 1 amide bonds. The van der Waals surface area contributed by atoms with E-state index in [-0.39, 0.29) is 40.2 Å². The topological polar surface area (TPSA) is 116 Å². The number of hydrogen-bond acceptors (Lipinski definition) is 6. The first-order chi connectivity index (χ1) is 13.3. The smallest absolute Gasteiger partial charge is 0.221 e. The fourth-order valence-electron chi connectivity index (χ4n) is 3.35. The third-order valence-corrected chi connectivity index (χ3v) is 4.55. The summed E-state index contributed by atoms with van der Waals surface area (Å²) in [7, 11) is 2.82. The molecule has 0 atom stereocenters. The Labute approximate surface area is 161 Å². The van der Waals surface area contributed by atoms with E-state index < -0.39 is 17.5 Å². The number of hydrogen-bond donors (Lipinski definition) is 2. The van der Waals surface area contributed by atoms with Crippen LogP contribution in [0.15, 0.2) is 29.8 Å². The van der Waals surface area contributed by atoms with E-state index in [1.165, 1.54) is 38.5 Å². The highest BCUT2D eigenvalue weighted by Crippen LogP contribution is 2.42. The molecule has 3 rings (SSSR count). The Bertz CT molecular complexity index is 1050. The van der Waals surface area contributed by atoms with E-state index in [2.05, 4.69) is 0 Å². The number of phenolic OH excluding ortho intramolecular Hbond substituents is 1. The van der Waals surface area contributed by atoms with Gasteiger partial charge in [0.1, 0.15) is 5.75 Å². The van der Waals surface area contributed by atoms with E-state index in [1.807, 2.05) is 0 Å². The predicted molar refractivity (Wildman–Crippen MR) is 102 cm³/mol. The maximum Gasteiger partial charge on any atom is 0.221 e. The molecule has 144 valence electrons. The van der Waals surface area contributed by atoms with E-state index in [1.54, 1.807) is 13.0 Å². The van der Waals surface area contributed by atoms with Crippen LogP contribution >= 0.6 is 0 Å². The maximum absolute atomic E-state index is 13.1. The number of amides is 1. The Hall–Kier alpha value is -3.61. The van der Waals surface area contributed by atoms with Gasteiger partial charge in [-0.2, -0.15) is 0 Å². The SMILES string of the molecule is COc1ccc2c(c1OC)C(=O)c1ccc(C=C(C)CC(N)=O)c(O)c1C2=O. The molecular formula is C21H19NO6. The molecule has 0 aromatic heterocycles. The highest BCUT2D eigenvalue weighted by atomic mass is 16.5.